The molecule has 0 unspecified atom stereocenters. The van der Waals surface area contributed by atoms with Gasteiger partial charge in [-0.2, -0.15) is 0 Å². The van der Waals surface area contributed by atoms with E-state index in [1.165, 1.54) is 0 Å². The average molecular weight is 325 g/mol. The Hall–Kier alpha value is -2.51. The normalized spacial score (nSPS) is 10.8. The largest absolute Gasteiger partial charge is 0.487 e. The molecule has 23 heavy (non-hydrogen) atoms. The predicted molar refractivity (Wildman–Crippen MR) is 87.0 cm³/mol. The van der Waals surface area contributed by atoms with Gasteiger partial charge in [0.05, 0.1) is 11.5 Å². The third kappa shape index (κ3) is 6.41. The lowest BCUT2D eigenvalue weighted by atomic mass is 10.2. The summed E-state index contributed by atoms with van der Waals surface area (Å²) >= 11 is 0. The van der Waals surface area contributed by atoms with Crippen molar-refractivity contribution in [3.8, 4) is 5.75 Å². The Labute approximate surface area is 135 Å². The molecule has 0 aliphatic carbocycles. The average Bonchev–Trinajstić information content (AvgIpc) is 2.42. The van der Waals surface area contributed by atoms with Crippen molar-refractivity contribution in [3.63, 3.8) is 0 Å². The van der Waals surface area contributed by atoms with E-state index in [1.54, 1.807) is 45.9 Å². The zero-order valence-corrected chi connectivity index (χ0v) is 13.8. The van der Waals surface area contributed by atoms with Crippen molar-refractivity contribution in [1.29, 1.82) is 0 Å². The topological polar surface area (TPSA) is 103 Å². The minimum Gasteiger partial charge on any atom is -0.487 e. The summed E-state index contributed by atoms with van der Waals surface area (Å²) < 4.78 is 10.4. The molecular weight excluding hydrogens is 302 g/mol. The van der Waals surface area contributed by atoms with Gasteiger partial charge in [-0.05, 0) is 39.8 Å². The number of hydrogen-bond acceptors (Lipinski definition) is 6. The zero-order valence-electron chi connectivity index (χ0n) is 13.8. The van der Waals surface area contributed by atoms with Gasteiger partial charge in [-0.25, -0.2) is 4.79 Å². The van der Waals surface area contributed by atoms with Gasteiger partial charge < -0.3 is 20.1 Å². The molecule has 0 fully saturated rings. The van der Waals surface area contributed by atoms with Crippen LogP contribution in [0.5, 0.6) is 5.75 Å². The fraction of sp³-hybridized carbons (Fsp3) is 0.533. The molecule has 0 atom stereocenters. The molecule has 128 valence electrons. The van der Waals surface area contributed by atoms with Crippen LogP contribution in [-0.4, -0.2) is 36.3 Å². The van der Waals surface area contributed by atoms with Crippen LogP contribution in [-0.2, 0) is 4.74 Å². The number of ether oxygens (including phenoxy) is 2. The molecule has 0 aliphatic heterocycles. The van der Waals surface area contributed by atoms with Crippen molar-refractivity contribution in [1.82, 2.24) is 5.32 Å². The van der Waals surface area contributed by atoms with E-state index in [0.717, 1.165) is 0 Å². The van der Waals surface area contributed by atoms with Gasteiger partial charge in [0.1, 0.15) is 11.3 Å². The third-order valence-corrected chi connectivity index (χ3v) is 2.59. The summed E-state index contributed by atoms with van der Waals surface area (Å²) in [6.07, 6.45) is -0.531. The number of benzene rings is 1. The monoisotopic (exact) mass is 325 g/mol. The van der Waals surface area contributed by atoms with Crippen LogP contribution in [0, 0.1) is 10.1 Å². The Morgan fingerprint density at radius 2 is 2.00 bits per heavy atom. The molecule has 0 aromatic heterocycles. The fourth-order valence-electron chi connectivity index (χ4n) is 1.80. The number of nitrogens with one attached hydrogen (secondary N) is 2. The van der Waals surface area contributed by atoms with Crippen molar-refractivity contribution < 1.29 is 19.2 Å². The van der Waals surface area contributed by atoms with Crippen molar-refractivity contribution in [2.75, 3.05) is 25.0 Å². The number of alkyl carbamates (subject to hydrolysis) is 1. The first-order valence-electron chi connectivity index (χ1n) is 7.35. The number of carbonyl (C=O) groups is 1. The highest BCUT2D eigenvalue weighted by Crippen LogP contribution is 2.34. The van der Waals surface area contributed by atoms with Crippen LogP contribution in [0.3, 0.4) is 0 Å². The van der Waals surface area contributed by atoms with E-state index < -0.39 is 16.6 Å². The number of rotatable bonds is 7. The van der Waals surface area contributed by atoms with Gasteiger partial charge in [0.25, 0.3) is 0 Å². The van der Waals surface area contributed by atoms with E-state index in [9.17, 15) is 14.9 Å². The highest BCUT2D eigenvalue weighted by molar-refractivity contribution is 5.69. The Kier molecular flexibility index (Phi) is 6.62. The summed E-state index contributed by atoms with van der Waals surface area (Å²) in [5.41, 5.74) is -0.346. The van der Waals surface area contributed by atoms with Gasteiger partial charge in [0.15, 0.2) is 5.75 Å². The van der Waals surface area contributed by atoms with Gasteiger partial charge in [-0.15, -0.1) is 0 Å². The minimum absolute atomic E-state index is 0.119. The van der Waals surface area contributed by atoms with Crippen molar-refractivity contribution in [3.05, 3.63) is 28.3 Å². The highest BCUT2D eigenvalue weighted by Gasteiger charge is 2.20. The maximum atomic E-state index is 11.5. The maximum Gasteiger partial charge on any atom is 0.407 e. The molecule has 0 saturated carbocycles. The van der Waals surface area contributed by atoms with Gasteiger partial charge >= 0.3 is 11.8 Å². The van der Waals surface area contributed by atoms with Gasteiger partial charge in [0.2, 0.25) is 0 Å². The smallest absolute Gasteiger partial charge is 0.407 e. The van der Waals surface area contributed by atoms with Crippen molar-refractivity contribution in [2.24, 2.45) is 0 Å². The predicted octanol–water partition coefficient (Wildman–Crippen LogP) is 2.93. The standard InChI is InChI=1S/C15H23N3O5/c1-5-22-12-8-6-7-11(13(12)18(20)21)16-9-10-17-14(19)23-15(2,3)4/h6-8,16H,5,9-10H2,1-4H3,(H,17,19). The summed E-state index contributed by atoms with van der Waals surface area (Å²) in [5.74, 6) is 0.211. The second-order valence-electron chi connectivity index (χ2n) is 5.70. The Morgan fingerprint density at radius 3 is 2.57 bits per heavy atom. The molecule has 0 aliphatic rings. The van der Waals surface area contributed by atoms with E-state index in [2.05, 4.69) is 10.6 Å². The van der Waals surface area contributed by atoms with Crippen LogP contribution in [0.4, 0.5) is 16.2 Å². The minimum atomic E-state index is -0.567. The van der Waals surface area contributed by atoms with Gasteiger partial charge in [0, 0.05) is 13.1 Å². The number of carbonyl (C=O) groups excluding carboxylic acids is 1. The SMILES string of the molecule is CCOc1cccc(NCCNC(=O)OC(C)(C)C)c1[N+](=O)[O-]. The lowest BCUT2D eigenvalue weighted by Gasteiger charge is -2.19. The molecule has 1 amide bonds. The summed E-state index contributed by atoms with van der Waals surface area (Å²) in [6.45, 7) is 7.99. The Bertz CT molecular complexity index is 555. The molecule has 2 N–H and O–H groups in total. The first kappa shape index (κ1) is 18.5. The van der Waals surface area contributed by atoms with Gasteiger partial charge in [-0.3, -0.25) is 10.1 Å². The second kappa shape index (κ2) is 8.21. The zero-order chi connectivity index (χ0) is 17.5. The molecule has 8 heteroatoms. The quantitative estimate of drug-likeness (QED) is 0.454. The number of amides is 1. The first-order chi connectivity index (χ1) is 10.7. The lowest BCUT2D eigenvalue weighted by molar-refractivity contribution is -0.384. The maximum absolute atomic E-state index is 11.5. The summed E-state index contributed by atoms with van der Waals surface area (Å²) in [7, 11) is 0. The second-order valence-corrected chi connectivity index (χ2v) is 5.70. The van der Waals surface area contributed by atoms with Gasteiger partial charge in [-0.1, -0.05) is 6.07 Å². The molecule has 0 spiro atoms. The summed E-state index contributed by atoms with van der Waals surface area (Å²) in [6, 6.07) is 4.81. The number of nitrogens with zero attached hydrogens (tertiary/aromatic N) is 1. The fourth-order valence-corrected chi connectivity index (χ4v) is 1.80. The highest BCUT2D eigenvalue weighted by atomic mass is 16.6. The van der Waals surface area contributed by atoms with E-state index >= 15 is 0 Å². The molecule has 0 saturated heterocycles. The molecule has 0 bridgehead atoms. The van der Waals surface area contributed by atoms with Crippen molar-refractivity contribution in [2.45, 2.75) is 33.3 Å². The number of para-hydroxylation sites is 1. The van der Waals surface area contributed by atoms with E-state index in [1.807, 2.05) is 0 Å². The summed E-state index contributed by atoms with van der Waals surface area (Å²) in [4.78, 5) is 22.2. The van der Waals surface area contributed by atoms with Crippen molar-refractivity contribution >= 4 is 17.5 Å². The van der Waals surface area contributed by atoms with E-state index in [-0.39, 0.29) is 18.0 Å². The molecular formula is C15H23N3O5. The van der Waals surface area contributed by atoms with Crippen LogP contribution in [0.2, 0.25) is 0 Å². The van der Waals surface area contributed by atoms with Crippen LogP contribution in [0.25, 0.3) is 0 Å². The van der Waals surface area contributed by atoms with Crippen LogP contribution in [0.1, 0.15) is 27.7 Å². The lowest BCUT2D eigenvalue weighted by Crippen LogP contribution is -2.35. The third-order valence-electron chi connectivity index (χ3n) is 2.59. The van der Waals surface area contributed by atoms with E-state index in [0.29, 0.717) is 18.8 Å². The molecule has 1 aromatic carbocycles. The molecule has 0 radical (unpaired) electrons. The van der Waals surface area contributed by atoms with Crippen LogP contribution in [0.15, 0.2) is 18.2 Å². The number of anilines is 1. The molecule has 8 nitrogen and oxygen atoms in total. The Balaban J connectivity index is 2.60. The molecule has 1 aromatic rings. The van der Waals surface area contributed by atoms with Crippen LogP contribution < -0.4 is 15.4 Å². The summed E-state index contributed by atoms with van der Waals surface area (Å²) in [5, 5.41) is 16.7. The molecule has 1 rings (SSSR count). The van der Waals surface area contributed by atoms with Crippen LogP contribution >= 0.6 is 0 Å². The number of nitro groups is 1. The number of hydrogen-bond donors (Lipinski definition) is 2. The first-order valence-corrected chi connectivity index (χ1v) is 7.35. The Morgan fingerprint density at radius 1 is 1.30 bits per heavy atom. The molecule has 0 heterocycles. The van der Waals surface area contributed by atoms with E-state index in [4.69, 9.17) is 9.47 Å². The number of nitro benzene ring substituents is 1.